The molecule has 0 aliphatic carbocycles. The molecule has 19 heavy (non-hydrogen) atoms. The predicted octanol–water partition coefficient (Wildman–Crippen LogP) is 4.61. The Morgan fingerprint density at radius 2 is 1.16 bits per heavy atom. The molecule has 0 saturated heterocycles. The second-order valence-corrected chi connectivity index (χ2v) is 8.21. The summed E-state index contributed by atoms with van der Waals surface area (Å²) in [6.45, 7) is 4.30. The van der Waals surface area contributed by atoms with Crippen LogP contribution in [0.4, 0.5) is 0 Å². The third kappa shape index (κ3) is 14.9. The molecule has 2 atom stereocenters. The molecule has 0 heterocycles. The fraction of sp³-hybridized carbons (Fsp3) is 1.00. The van der Waals surface area contributed by atoms with Crippen LogP contribution in [0.15, 0.2) is 0 Å². The lowest BCUT2D eigenvalue weighted by Crippen LogP contribution is -2.00. The maximum Gasteiger partial charge on any atom is 0.405 e. The molecule has 0 fully saturated rings. The van der Waals surface area contributed by atoms with Gasteiger partial charge < -0.3 is 0 Å². The summed E-state index contributed by atoms with van der Waals surface area (Å²) >= 11 is 0. The van der Waals surface area contributed by atoms with Gasteiger partial charge in [-0.15, -0.1) is 0 Å². The van der Waals surface area contributed by atoms with E-state index in [2.05, 4.69) is 13.8 Å². The Morgan fingerprint density at radius 1 is 0.737 bits per heavy atom. The third-order valence-corrected chi connectivity index (χ3v) is 6.28. The van der Waals surface area contributed by atoms with Crippen molar-refractivity contribution in [2.45, 2.75) is 65.2 Å². The smallest absolute Gasteiger partial charge is 0.229 e. The van der Waals surface area contributed by atoms with Crippen molar-refractivity contribution < 1.29 is 16.4 Å². The lowest BCUT2D eigenvalue weighted by Gasteiger charge is -2.05. The lowest BCUT2D eigenvalue weighted by atomic mass is 10.2. The van der Waals surface area contributed by atoms with Gasteiger partial charge in [0.25, 0.3) is 0 Å². The number of hydrogen-bond donors (Lipinski definition) is 0. The summed E-state index contributed by atoms with van der Waals surface area (Å²) < 4.78 is 32.4. The molecule has 0 saturated carbocycles. The highest BCUT2D eigenvalue weighted by molar-refractivity contribution is 7.87. The molecule has 0 amide bonds. The monoisotopic (exact) mass is 330 g/mol. The molecule has 0 N–H and O–H groups in total. The molecule has 4 nitrogen and oxygen atoms in total. The van der Waals surface area contributed by atoms with Crippen molar-refractivity contribution in [2.24, 2.45) is 0 Å². The maximum atomic E-state index is 11.4. The van der Waals surface area contributed by atoms with Crippen LogP contribution < -0.4 is 0 Å². The molecule has 0 aliphatic rings. The van der Waals surface area contributed by atoms with Gasteiger partial charge in [0.2, 0.25) is 0 Å². The SMILES string of the molecule is CCCCCCPOS(=O)(=O)OPCCCCCC. The molecule has 0 radical (unpaired) electrons. The Morgan fingerprint density at radius 3 is 1.53 bits per heavy atom. The Hall–Kier alpha value is 0.730. The van der Waals surface area contributed by atoms with Gasteiger partial charge in [0, 0.05) is 17.6 Å². The molecule has 0 aliphatic heterocycles. The molecule has 0 aromatic heterocycles. The summed E-state index contributed by atoms with van der Waals surface area (Å²) in [5.41, 5.74) is 0. The van der Waals surface area contributed by atoms with Crippen LogP contribution in [-0.2, 0) is 18.3 Å². The van der Waals surface area contributed by atoms with Gasteiger partial charge in [-0.2, -0.15) is 8.42 Å². The van der Waals surface area contributed by atoms with Crippen LogP contribution in [0, 0.1) is 0 Å². The molecule has 0 aromatic rings. The van der Waals surface area contributed by atoms with Crippen molar-refractivity contribution >= 4 is 28.0 Å². The number of rotatable bonds is 14. The van der Waals surface area contributed by atoms with Crippen molar-refractivity contribution in [1.29, 1.82) is 0 Å². The van der Waals surface area contributed by atoms with Crippen LogP contribution in [0.2, 0.25) is 0 Å². The first-order chi connectivity index (χ1) is 9.12. The maximum absolute atomic E-state index is 11.4. The highest BCUT2D eigenvalue weighted by Gasteiger charge is 2.11. The van der Waals surface area contributed by atoms with Gasteiger partial charge in [0.05, 0.1) is 0 Å². The van der Waals surface area contributed by atoms with E-state index in [1.807, 2.05) is 0 Å². The summed E-state index contributed by atoms with van der Waals surface area (Å²) in [7, 11) is -3.75. The van der Waals surface area contributed by atoms with Crippen LogP contribution in [0.5, 0.6) is 0 Å². The largest absolute Gasteiger partial charge is 0.405 e. The molecule has 0 bridgehead atoms. The lowest BCUT2D eigenvalue weighted by molar-refractivity contribution is 0.429. The Kier molecular flexibility index (Phi) is 14.2. The molecule has 7 heteroatoms. The fourth-order valence-corrected chi connectivity index (χ4v) is 4.54. The van der Waals surface area contributed by atoms with E-state index in [1.54, 1.807) is 0 Å². The third-order valence-electron chi connectivity index (χ3n) is 2.59. The fourth-order valence-electron chi connectivity index (χ4n) is 1.49. The van der Waals surface area contributed by atoms with Crippen molar-refractivity contribution in [1.82, 2.24) is 0 Å². The summed E-state index contributed by atoms with van der Waals surface area (Å²) in [4.78, 5) is 0. The van der Waals surface area contributed by atoms with Crippen molar-refractivity contribution in [3.63, 3.8) is 0 Å². The summed E-state index contributed by atoms with van der Waals surface area (Å²) in [6.07, 6.45) is 10.7. The first-order valence-corrected chi connectivity index (χ1v) is 10.8. The van der Waals surface area contributed by atoms with Crippen LogP contribution in [0.1, 0.15) is 65.2 Å². The second-order valence-electron chi connectivity index (χ2n) is 4.48. The molecule has 116 valence electrons. The van der Waals surface area contributed by atoms with Gasteiger partial charge in [-0.1, -0.05) is 52.4 Å². The Labute approximate surface area is 122 Å². The summed E-state index contributed by atoms with van der Waals surface area (Å²) in [5, 5.41) is 0. The van der Waals surface area contributed by atoms with Crippen LogP contribution in [0.25, 0.3) is 0 Å². The van der Waals surface area contributed by atoms with E-state index in [0.29, 0.717) is 0 Å². The van der Waals surface area contributed by atoms with Crippen molar-refractivity contribution in [3.8, 4) is 0 Å². The topological polar surface area (TPSA) is 52.6 Å². The number of unbranched alkanes of at least 4 members (excludes halogenated alkanes) is 6. The highest BCUT2D eigenvalue weighted by atomic mass is 32.3. The molecule has 0 aromatic carbocycles. The predicted molar refractivity (Wildman–Crippen MR) is 85.7 cm³/mol. The normalized spacial score (nSPS) is 13.2. The highest BCUT2D eigenvalue weighted by Crippen LogP contribution is 2.25. The second kappa shape index (κ2) is 13.7. The average molecular weight is 330 g/mol. The van der Waals surface area contributed by atoms with Crippen LogP contribution in [0.3, 0.4) is 0 Å². The van der Waals surface area contributed by atoms with E-state index in [9.17, 15) is 8.42 Å². The summed E-state index contributed by atoms with van der Waals surface area (Å²) in [5.74, 6) is 0. The zero-order valence-corrected chi connectivity index (χ0v) is 14.9. The van der Waals surface area contributed by atoms with E-state index in [0.717, 1.165) is 38.0 Å². The van der Waals surface area contributed by atoms with E-state index >= 15 is 0 Å². The van der Waals surface area contributed by atoms with Crippen LogP contribution in [-0.4, -0.2) is 20.7 Å². The quantitative estimate of drug-likeness (QED) is 0.345. The zero-order chi connectivity index (χ0) is 14.4. The van der Waals surface area contributed by atoms with Crippen LogP contribution >= 0.6 is 17.6 Å². The average Bonchev–Trinajstić information content (AvgIpc) is 2.38. The first kappa shape index (κ1) is 19.7. The van der Waals surface area contributed by atoms with E-state index in [-0.39, 0.29) is 17.6 Å². The summed E-state index contributed by atoms with van der Waals surface area (Å²) in [6, 6.07) is 0. The number of hydrogen-bond acceptors (Lipinski definition) is 4. The molecular weight excluding hydrogens is 302 g/mol. The van der Waals surface area contributed by atoms with Gasteiger partial charge >= 0.3 is 10.4 Å². The van der Waals surface area contributed by atoms with Gasteiger partial charge in [-0.25, -0.2) is 7.94 Å². The minimum atomic E-state index is -3.74. The van der Waals surface area contributed by atoms with E-state index in [4.69, 9.17) is 7.94 Å². The minimum Gasteiger partial charge on any atom is -0.229 e. The molecular formula is C12H28O4P2S. The van der Waals surface area contributed by atoms with Gasteiger partial charge in [0.1, 0.15) is 0 Å². The van der Waals surface area contributed by atoms with Gasteiger partial charge in [0.15, 0.2) is 0 Å². The minimum absolute atomic E-state index is 0.00145. The van der Waals surface area contributed by atoms with Gasteiger partial charge in [-0.3, -0.25) is 0 Å². The Balaban J connectivity index is 3.42. The Bertz CT molecular complexity index is 261. The van der Waals surface area contributed by atoms with Crippen molar-refractivity contribution in [2.75, 3.05) is 12.3 Å². The zero-order valence-electron chi connectivity index (χ0n) is 12.1. The molecule has 2 unspecified atom stereocenters. The van der Waals surface area contributed by atoms with Gasteiger partial charge in [-0.05, 0) is 25.2 Å². The molecule has 0 spiro atoms. The van der Waals surface area contributed by atoms with E-state index < -0.39 is 10.4 Å². The van der Waals surface area contributed by atoms with Crippen molar-refractivity contribution in [3.05, 3.63) is 0 Å². The molecule has 0 rings (SSSR count). The first-order valence-electron chi connectivity index (χ1n) is 7.20. The standard InChI is InChI=1S/C12H28O4P2S/c1-3-5-7-9-11-17-15-19(13,14)16-18-12-10-8-6-4-2/h17-18H,3-12H2,1-2H3. The van der Waals surface area contributed by atoms with E-state index in [1.165, 1.54) is 25.7 Å².